The maximum Gasteiger partial charge on any atom is 0.274 e. The SMILES string of the molecule is CCOc1cc(/C=c2\sc3nc4ccccc4n3c2=O)cc(Cl)c1O[C@H](C)CC. The van der Waals surface area contributed by atoms with Gasteiger partial charge in [-0.3, -0.25) is 4.79 Å². The van der Waals surface area contributed by atoms with Crippen LogP contribution in [0.5, 0.6) is 11.5 Å². The Morgan fingerprint density at radius 3 is 2.83 bits per heavy atom. The molecule has 5 nitrogen and oxygen atoms in total. The van der Waals surface area contributed by atoms with Crippen molar-refractivity contribution in [3.8, 4) is 11.5 Å². The number of hydrogen-bond acceptors (Lipinski definition) is 5. The third kappa shape index (κ3) is 3.70. The molecule has 0 saturated heterocycles. The van der Waals surface area contributed by atoms with Crippen LogP contribution < -0.4 is 19.6 Å². The number of fused-ring (bicyclic) bond motifs is 3. The van der Waals surface area contributed by atoms with Gasteiger partial charge in [0.25, 0.3) is 5.56 Å². The molecule has 0 unspecified atom stereocenters. The van der Waals surface area contributed by atoms with E-state index in [1.807, 2.05) is 57.2 Å². The maximum atomic E-state index is 13.0. The molecule has 0 amide bonds. The number of rotatable bonds is 6. The molecule has 0 saturated carbocycles. The van der Waals surface area contributed by atoms with E-state index in [0.717, 1.165) is 23.0 Å². The number of hydrogen-bond donors (Lipinski definition) is 0. The predicted octanol–water partition coefficient (Wildman–Crippen LogP) is 4.69. The molecule has 0 aliphatic carbocycles. The average Bonchev–Trinajstić information content (AvgIpc) is 3.21. The minimum absolute atomic E-state index is 0.0214. The van der Waals surface area contributed by atoms with Crippen molar-refractivity contribution in [3.05, 3.63) is 61.9 Å². The van der Waals surface area contributed by atoms with Crippen LogP contribution >= 0.6 is 22.9 Å². The van der Waals surface area contributed by atoms with E-state index < -0.39 is 0 Å². The Hall–Kier alpha value is -2.57. The Kier molecular flexibility index (Phi) is 5.48. The summed E-state index contributed by atoms with van der Waals surface area (Å²) in [7, 11) is 0. The lowest BCUT2D eigenvalue weighted by molar-refractivity contribution is 0.203. The van der Waals surface area contributed by atoms with E-state index in [2.05, 4.69) is 4.98 Å². The minimum Gasteiger partial charge on any atom is -0.490 e. The summed E-state index contributed by atoms with van der Waals surface area (Å²) in [6.07, 6.45) is 2.70. The van der Waals surface area contributed by atoms with Crippen LogP contribution in [0.15, 0.2) is 41.2 Å². The Labute approximate surface area is 177 Å². The van der Waals surface area contributed by atoms with Gasteiger partial charge in [-0.25, -0.2) is 9.38 Å². The maximum absolute atomic E-state index is 13.0. The average molecular weight is 429 g/mol. The first-order valence-corrected chi connectivity index (χ1v) is 10.8. The Morgan fingerprint density at radius 2 is 2.07 bits per heavy atom. The summed E-state index contributed by atoms with van der Waals surface area (Å²) in [5, 5.41) is 0.460. The molecule has 4 rings (SSSR count). The second-order valence-corrected chi connectivity index (χ2v) is 8.15. The number of imidazole rings is 1. The van der Waals surface area contributed by atoms with Crippen molar-refractivity contribution in [2.75, 3.05) is 6.61 Å². The van der Waals surface area contributed by atoms with Gasteiger partial charge in [-0.15, -0.1) is 0 Å². The summed E-state index contributed by atoms with van der Waals surface area (Å²) in [5.74, 6) is 1.11. The third-order valence-corrected chi connectivity index (χ3v) is 5.92. The van der Waals surface area contributed by atoms with Gasteiger partial charge in [0.2, 0.25) is 0 Å². The highest BCUT2D eigenvalue weighted by molar-refractivity contribution is 7.15. The molecular formula is C22H21ClN2O3S. The van der Waals surface area contributed by atoms with Gasteiger partial charge in [0.1, 0.15) is 0 Å². The summed E-state index contributed by atoms with van der Waals surface area (Å²) >= 11 is 7.85. The van der Waals surface area contributed by atoms with Crippen molar-refractivity contribution >= 4 is 45.0 Å². The van der Waals surface area contributed by atoms with Gasteiger partial charge in [-0.05, 0) is 56.2 Å². The minimum atomic E-state index is -0.0901. The van der Waals surface area contributed by atoms with Crippen molar-refractivity contribution in [1.29, 1.82) is 0 Å². The van der Waals surface area contributed by atoms with E-state index >= 15 is 0 Å². The molecule has 1 atom stereocenters. The highest BCUT2D eigenvalue weighted by atomic mass is 35.5. The fourth-order valence-corrected chi connectivity index (χ4v) is 4.35. The first kappa shape index (κ1) is 19.7. The van der Waals surface area contributed by atoms with Crippen LogP contribution in [-0.2, 0) is 0 Å². The predicted molar refractivity (Wildman–Crippen MR) is 119 cm³/mol. The highest BCUT2D eigenvalue weighted by Crippen LogP contribution is 2.37. The van der Waals surface area contributed by atoms with Gasteiger partial charge in [-0.1, -0.05) is 42.0 Å². The number of para-hydroxylation sites is 2. The molecule has 0 spiro atoms. The summed E-state index contributed by atoms with van der Waals surface area (Å²) in [5.41, 5.74) is 2.32. The molecule has 0 bridgehead atoms. The zero-order chi connectivity index (χ0) is 20.5. The zero-order valence-corrected chi connectivity index (χ0v) is 18.0. The molecule has 7 heteroatoms. The molecular weight excluding hydrogens is 408 g/mol. The quantitative estimate of drug-likeness (QED) is 0.447. The van der Waals surface area contributed by atoms with Gasteiger partial charge in [0.15, 0.2) is 16.5 Å². The van der Waals surface area contributed by atoms with E-state index in [9.17, 15) is 4.79 Å². The molecule has 2 heterocycles. The van der Waals surface area contributed by atoms with Crippen LogP contribution in [0.25, 0.3) is 22.1 Å². The normalized spacial score (nSPS) is 13.3. The molecule has 150 valence electrons. The van der Waals surface area contributed by atoms with E-state index in [1.165, 1.54) is 11.3 Å². The van der Waals surface area contributed by atoms with E-state index in [0.29, 0.717) is 32.6 Å². The fourth-order valence-electron chi connectivity index (χ4n) is 3.10. The molecule has 0 aliphatic rings. The largest absolute Gasteiger partial charge is 0.490 e. The Bertz CT molecular complexity index is 1300. The number of nitrogens with zero attached hydrogens (tertiary/aromatic N) is 2. The van der Waals surface area contributed by atoms with Crippen LogP contribution in [0.3, 0.4) is 0 Å². The number of benzene rings is 2. The van der Waals surface area contributed by atoms with Gasteiger partial charge < -0.3 is 9.47 Å². The standard InChI is InChI=1S/C22H21ClN2O3S/c1-4-13(3)28-20-15(23)10-14(11-18(20)27-5-2)12-19-21(26)25-17-9-7-6-8-16(17)24-22(25)29-19/h6-13H,4-5H2,1-3H3/b19-12-/t13-/m1/s1. The summed E-state index contributed by atoms with van der Waals surface area (Å²) in [4.78, 5) is 18.2. The van der Waals surface area contributed by atoms with Crippen LogP contribution in [0.4, 0.5) is 0 Å². The summed E-state index contributed by atoms with van der Waals surface area (Å²) in [6, 6.07) is 11.3. The van der Waals surface area contributed by atoms with Crippen molar-refractivity contribution in [2.24, 2.45) is 0 Å². The Balaban J connectivity index is 1.83. The van der Waals surface area contributed by atoms with Gasteiger partial charge in [0.05, 0.1) is 33.3 Å². The first-order valence-electron chi connectivity index (χ1n) is 9.56. The first-order chi connectivity index (χ1) is 14.0. The summed E-state index contributed by atoms with van der Waals surface area (Å²) < 4.78 is 13.9. The van der Waals surface area contributed by atoms with Crippen LogP contribution in [0, 0.1) is 0 Å². The topological polar surface area (TPSA) is 52.8 Å². The van der Waals surface area contributed by atoms with Gasteiger partial charge in [0, 0.05) is 0 Å². The van der Waals surface area contributed by atoms with Crippen molar-refractivity contribution in [1.82, 2.24) is 9.38 Å². The molecule has 0 aliphatic heterocycles. The molecule has 2 aromatic heterocycles. The van der Waals surface area contributed by atoms with Crippen LogP contribution in [-0.4, -0.2) is 22.1 Å². The molecule has 0 N–H and O–H groups in total. The zero-order valence-electron chi connectivity index (χ0n) is 16.4. The van der Waals surface area contributed by atoms with Crippen molar-refractivity contribution in [3.63, 3.8) is 0 Å². The molecule has 29 heavy (non-hydrogen) atoms. The van der Waals surface area contributed by atoms with E-state index in [-0.39, 0.29) is 11.7 Å². The number of halogens is 1. The second kappa shape index (κ2) is 8.05. The fraction of sp³-hybridized carbons (Fsp3) is 0.273. The van der Waals surface area contributed by atoms with Crippen molar-refractivity contribution < 1.29 is 9.47 Å². The number of thiazole rings is 1. The molecule has 4 aromatic rings. The lowest BCUT2D eigenvalue weighted by Crippen LogP contribution is -2.22. The Morgan fingerprint density at radius 1 is 1.28 bits per heavy atom. The van der Waals surface area contributed by atoms with Crippen LogP contribution in [0.2, 0.25) is 5.02 Å². The van der Waals surface area contributed by atoms with Crippen molar-refractivity contribution in [2.45, 2.75) is 33.3 Å². The molecule has 0 radical (unpaired) electrons. The highest BCUT2D eigenvalue weighted by Gasteiger charge is 2.15. The smallest absolute Gasteiger partial charge is 0.274 e. The molecule has 0 fully saturated rings. The summed E-state index contributed by atoms with van der Waals surface area (Å²) in [6.45, 7) is 6.43. The van der Waals surface area contributed by atoms with E-state index in [1.54, 1.807) is 10.5 Å². The number of aromatic nitrogens is 2. The third-order valence-electron chi connectivity index (χ3n) is 4.67. The van der Waals surface area contributed by atoms with E-state index in [4.69, 9.17) is 21.1 Å². The monoisotopic (exact) mass is 428 g/mol. The lowest BCUT2D eigenvalue weighted by Gasteiger charge is -2.18. The molecule has 2 aromatic carbocycles. The van der Waals surface area contributed by atoms with Gasteiger partial charge in [-0.2, -0.15) is 0 Å². The number of ether oxygens (including phenoxy) is 2. The van der Waals surface area contributed by atoms with Crippen LogP contribution in [0.1, 0.15) is 32.8 Å². The van der Waals surface area contributed by atoms with Gasteiger partial charge >= 0.3 is 0 Å². The lowest BCUT2D eigenvalue weighted by atomic mass is 10.2. The second-order valence-electron chi connectivity index (χ2n) is 6.73.